The van der Waals surface area contributed by atoms with Crippen molar-refractivity contribution in [1.82, 2.24) is 15.5 Å². The maximum absolute atomic E-state index is 4.99. The highest BCUT2D eigenvalue weighted by Crippen LogP contribution is 2.06. The van der Waals surface area contributed by atoms with Gasteiger partial charge in [0.1, 0.15) is 0 Å². The summed E-state index contributed by atoms with van der Waals surface area (Å²) in [5, 5.41) is 6.97. The van der Waals surface area contributed by atoms with Gasteiger partial charge < -0.3 is 10.6 Å². The average Bonchev–Trinajstić information content (AvgIpc) is 2.25. The molecule has 1 aromatic rings. The maximum Gasteiger partial charge on any atom is 0.168 e. The molecule has 0 amide bonds. The first-order valence-electron chi connectivity index (χ1n) is 5.03. The second-order valence-corrected chi connectivity index (χ2v) is 4.22. The van der Waals surface area contributed by atoms with Crippen molar-refractivity contribution in [2.24, 2.45) is 0 Å². The van der Waals surface area contributed by atoms with E-state index >= 15 is 0 Å². The molecular formula is C11H15N3S. The number of benzene rings is 1. The van der Waals surface area contributed by atoms with E-state index < -0.39 is 0 Å². The predicted octanol–water partition coefficient (Wildman–Crippen LogP) is 1.19. The first-order chi connectivity index (χ1) is 7.24. The highest BCUT2D eigenvalue weighted by atomic mass is 32.1. The molecule has 1 saturated heterocycles. The minimum Gasteiger partial charge on any atom is -0.350 e. The van der Waals surface area contributed by atoms with Crippen LogP contribution in [-0.4, -0.2) is 23.3 Å². The topological polar surface area (TPSA) is 27.3 Å². The van der Waals surface area contributed by atoms with Crippen LogP contribution >= 0.6 is 12.2 Å². The molecule has 0 atom stereocenters. The molecule has 0 aliphatic carbocycles. The van der Waals surface area contributed by atoms with Gasteiger partial charge in [0.15, 0.2) is 5.11 Å². The molecule has 1 heterocycles. The van der Waals surface area contributed by atoms with Gasteiger partial charge in [-0.1, -0.05) is 29.8 Å². The first-order valence-corrected chi connectivity index (χ1v) is 5.44. The normalized spacial score (nSPS) is 17.0. The first kappa shape index (κ1) is 10.4. The molecule has 0 unspecified atom stereocenters. The lowest BCUT2D eigenvalue weighted by Gasteiger charge is -2.29. The minimum absolute atomic E-state index is 0.746. The second-order valence-electron chi connectivity index (χ2n) is 3.81. The van der Waals surface area contributed by atoms with E-state index in [2.05, 4.69) is 46.7 Å². The molecule has 0 spiro atoms. The van der Waals surface area contributed by atoms with Crippen LogP contribution in [0.1, 0.15) is 11.1 Å². The van der Waals surface area contributed by atoms with Gasteiger partial charge in [-0.2, -0.15) is 0 Å². The van der Waals surface area contributed by atoms with Crippen molar-refractivity contribution in [2.45, 2.75) is 13.5 Å². The summed E-state index contributed by atoms with van der Waals surface area (Å²) in [5.74, 6) is 0. The van der Waals surface area contributed by atoms with Crippen LogP contribution in [0.15, 0.2) is 24.3 Å². The third kappa shape index (κ3) is 2.91. The van der Waals surface area contributed by atoms with Crippen molar-refractivity contribution in [2.75, 3.05) is 13.3 Å². The van der Waals surface area contributed by atoms with Crippen LogP contribution in [0.2, 0.25) is 0 Å². The van der Waals surface area contributed by atoms with Gasteiger partial charge in [-0.3, -0.25) is 4.90 Å². The highest BCUT2D eigenvalue weighted by Gasteiger charge is 2.11. The number of nitrogens with one attached hydrogen (secondary N) is 2. The Bertz CT molecular complexity index is 337. The smallest absolute Gasteiger partial charge is 0.168 e. The van der Waals surface area contributed by atoms with E-state index in [1.807, 2.05) is 0 Å². The maximum atomic E-state index is 4.99. The fourth-order valence-corrected chi connectivity index (χ4v) is 1.68. The molecule has 1 aliphatic rings. The standard InChI is InChI=1S/C11H15N3S/c1-9-2-4-10(5-3-9)6-14-7-12-11(15)13-8-14/h2-5H,6-8H2,1H3,(H2,12,13,15). The Hall–Kier alpha value is -1.13. The Morgan fingerprint density at radius 1 is 1.20 bits per heavy atom. The fourth-order valence-electron chi connectivity index (χ4n) is 1.55. The Morgan fingerprint density at radius 3 is 2.40 bits per heavy atom. The Labute approximate surface area is 95.5 Å². The summed E-state index contributed by atoms with van der Waals surface area (Å²) in [7, 11) is 0. The Balaban J connectivity index is 1.91. The molecule has 1 aliphatic heterocycles. The zero-order valence-electron chi connectivity index (χ0n) is 8.79. The van der Waals surface area contributed by atoms with Crippen molar-refractivity contribution in [3.63, 3.8) is 0 Å². The van der Waals surface area contributed by atoms with E-state index in [1.165, 1.54) is 11.1 Å². The summed E-state index contributed by atoms with van der Waals surface area (Å²) in [6.07, 6.45) is 0. The van der Waals surface area contributed by atoms with Gasteiger partial charge in [0.05, 0.1) is 13.3 Å². The van der Waals surface area contributed by atoms with Gasteiger partial charge in [0, 0.05) is 6.54 Å². The molecular weight excluding hydrogens is 206 g/mol. The average molecular weight is 221 g/mol. The Kier molecular flexibility index (Phi) is 3.18. The zero-order valence-corrected chi connectivity index (χ0v) is 9.60. The van der Waals surface area contributed by atoms with Crippen LogP contribution in [0, 0.1) is 6.92 Å². The molecule has 2 N–H and O–H groups in total. The van der Waals surface area contributed by atoms with E-state index in [9.17, 15) is 0 Å². The number of aryl methyl sites for hydroxylation is 1. The lowest BCUT2D eigenvalue weighted by atomic mass is 10.1. The second kappa shape index (κ2) is 4.59. The summed E-state index contributed by atoms with van der Waals surface area (Å²) in [6, 6.07) is 8.63. The molecule has 0 saturated carbocycles. The van der Waals surface area contributed by atoms with Gasteiger partial charge in [0.2, 0.25) is 0 Å². The third-order valence-corrected chi connectivity index (χ3v) is 2.74. The fraction of sp³-hybridized carbons (Fsp3) is 0.364. The number of nitrogens with zero attached hydrogens (tertiary/aromatic N) is 1. The van der Waals surface area contributed by atoms with Gasteiger partial charge in [-0.05, 0) is 24.7 Å². The van der Waals surface area contributed by atoms with Crippen molar-refractivity contribution in [3.05, 3.63) is 35.4 Å². The van der Waals surface area contributed by atoms with E-state index in [-0.39, 0.29) is 0 Å². The van der Waals surface area contributed by atoms with Crippen molar-refractivity contribution in [1.29, 1.82) is 0 Å². The molecule has 0 bridgehead atoms. The number of hydrogen-bond acceptors (Lipinski definition) is 2. The van der Waals surface area contributed by atoms with Crippen LogP contribution in [0.4, 0.5) is 0 Å². The summed E-state index contributed by atoms with van der Waals surface area (Å²) in [6.45, 7) is 4.69. The van der Waals surface area contributed by atoms with Crippen molar-refractivity contribution >= 4 is 17.3 Å². The molecule has 1 fully saturated rings. The van der Waals surface area contributed by atoms with Crippen LogP contribution < -0.4 is 10.6 Å². The highest BCUT2D eigenvalue weighted by molar-refractivity contribution is 7.80. The summed E-state index contributed by atoms with van der Waals surface area (Å²) in [5.41, 5.74) is 2.63. The van der Waals surface area contributed by atoms with Gasteiger partial charge in [-0.25, -0.2) is 0 Å². The molecule has 2 rings (SSSR count). The van der Waals surface area contributed by atoms with Gasteiger partial charge >= 0.3 is 0 Å². The van der Waals surface area contributed by atoms with E-state index in [1.54, 1.807) is 0 Å². The molecule has 80 valence electrons. The van der Waals surface area contributed by atoms with E-state index in [0.29, 0.717) is 0 Å². The predicted molar refractivity (Wildman–Crippen MR) is 65.3 cm³/mol. The molecule has 3 nitrogen and oxygen atoms in total. The molecule has 0 radical (unpaired) electrons. The molecule has 4 heteroatoms. The summed E-state index contributed by atoms with van der Waals surface area (Å²) < 4.78 is 0. The van der Waals surface area contributed by atoms with Crippen LogP contribution in [0.25, 0.3) is 0 Å². The SMILES string of the molecule is Cc1ccc(CN2CNC(=S)NC2)cc1. The lowest BCUT2D eigenvalue weighted by Crippen LogP contribution is -2.53. The summed E-state index contributed by atoms with van der Waals surface area (Å²) in [4.78, 5) is 2.26. The zero-order chi connectivity index (χ0) is 10.7. The van der Waals surface area contributed by atoms with Gasteiger partial charge in [-0.15, -0.1) is 0 Å². The van der Waals surface area contributed by atoms with Crippen LogP contribution in [0.5, 0.6) is 0 Å². The van der Waals surface area contributed by atoms with Crippen molar-refractivity contribution in [3.8, 4) is 0 Å². The largest absolute Gasteiger partial charge is 0.350 e. The molecule has 0 aromatic heterocycles. The van der Waals surface area contributed by atoms with Crippen LogP contribution in [0.3, 0.4) is 0 Å². The molecule has 15 heavy (non-hydrogen) atoms. The van der Waals surface area contributed by atoms with Crippen molar-refractivity contribution < 1.29 is 0 Å². The Morgan fingerprint density at radius 2 is 1.80 bits per heavy atom. The van der Waals surface area contributed by atoms with Crippen LogP contribution in [-0.2, 0) is 6.54 Å². The molecule has 1 aromatic carbocycles. The van der Waals surface area contributed by atoms with E-state index in [0.717, 1.165) is 25.0 Å². The lowest BCUT2D eigenvalue weighted by molar-refractivity contribution is 0.236. The minimum atomic E-state index is 0.746. The third-order valence-electron chi connectivity index (χ3n) is 2.45. The summed E-state index contributed by atoms with van der Waals surface area (Å²) >= 11 is 4.99. The monoisotopic (exact) mass is 221 g/mol. The number of hydrogen-bond donors (Lipinski definition) is 2. The number of rotatable bonds is 2. The van der Waals surface area contributed by atoms with E-state index in [4.69, 9.17) is 12.2 Å². The number of thiocarbonyl (C=S) groups is 1. The van der Waals surface area contributed by atoms with Gasteiger partial charge in [0.25, 0.3) is 0 Å². The quantitative estimate of drug-likeness (QED) is 0.734.